The number of rotatable bonds is 6. The topological polar surface area (TPSA) is 74.7 Å². The lowest BCUT2D eigenvalue weighted by atomic mass is 10.1. The largest absolute Gasteiger partial charge is 0.326 e. The minimum Gasteiger partial charge on any atom is -0.326 e. The average molecular weight is 389 g/mol. The molecule has 0 radical (unpaired) electrons. The van der Waals surface area contributed by atoms with Crippen LogP contribution in [0.1, 0.15) is 25.8 Å². The third-order valence-electron chi connectivity index (χ3n) is 3.99. The fourth-order valence-corrected chi connectivity index (χ4v) is 4.45. The van der Waals surface area contributed by atoms with Gasteiger partial charge in [0.2, 0.25) is 16.9 Å². The molecule has 1 aromatic heterocycles. The predicted molar refractivity (Wildman–Crippen MR) is 107 cm³/mol. The van der Waals surface area contributed by atoms with Gasteiger partial charge in [0, 0.05) is 30.2 Å². The molecule has 0 unspecified atom stereocenters. The highest BCUT2D eigenvalue weighted by Crippen LogP contribution is 2.32. The Bertz CT molecular complexity index is 820. The molecule has 0 bridgehead atoms. The average Bonchev–Trinajstić information content (AvgIpc) is 3.24. The Morgan fingerprint density at radius 1 is 1.35 bits per heavy atom. The second kappa shape index (κ2) is 8.46. The molecule has 2 amide bonds. The number of hydrogen-bond acceptors (Lipinski definition) is 6. The second-order valence-corrected chi connectivity index (χ2v) is 7.70. The third kappa shape index (κ3) is 4.13. The fraction of sp³-hybridized carbons (Fsp3) is 0.333. The number of nitrogens with zero attached hydrogens (tertiary/aromatic N) is 3. The van der Waals surface area contributed by atoms with Gasteiger partial charge in [-0.3, -0.25) is 14.5 Å². The lowest BCUT2D eigenvalue weighted by molar-refractivity contribution is -0.128. The molecule has 1 fully saturated rings. The van der Waals surface area contributed by atoms with Crippen molar-refractivity contribution < 1.29 is 9.59 Å². The van der Waals surface area contributed by atoms with Gasteiger partial charge in [0.05, 0.1) is 0 Å². The van der Waals surface area contributed by atoms with Crippen LogP contribution in [0.3, 0.4) is 0 Å². The van der Waals surface area contributed by atoms with E-state index in [1.54, 1.807) is 11.1 Å². The number of aryl methyl sites for hydroxylation is 1. The van der Waals surface area contributed by atoms with E-state index in [1.165, 1.54) is 23.1 Å². The molecule has 2 heterocycles. The first kappa shape index (κ1) is 18.6. The Morgan fingerprint density at radius 3 is 2.85 bits per heavy atom. The number of para-hydroxylation sites is 1. The lowest BCUT2D eigenvalue weighted by Crippen LogP contribution is -2.33. The molecular formula is C18H20N4O2S2. The lowest BCUT2D eigenvalue weighted by Gasteiger charge is -2.13. The Labute approximate surface area is 160 Å². The molecule has 0 aliphatic carbocycles. The number of amides is 2. The van der Waals surface area contributed by atoms with Crippen molar-refractivity contribution in [2.45, 2.75) is 31.9 Å². The summed E-state index contributed by atoms with van der Waals surface area (Å²) >= 11 is 2.75. The van der Waals surface area contributed by atoms with E-state index < -0.39 is 5.25 Å². The summed E-state index contributed by atoms with van der Waals surface area (Å²) in [6.07, 6.45) is 2.63. The number of carbonyl (C=O) groups excluding carboxylic acids is 2. The molecule has 1 saturated heterocycles. The first-order valence-electron chi connectivity index (χ1n) is 8.46. The maximum absolute atomic E-state index is 12.6. The molecule has 0 saturated carbocycles. The van der Waals surface area contributed by atoms with E-state index in [2.05, 4.69) is 15.3 Å². The number of thioether (sulfide) groups is 1. The van der Waals surface area contributed by atoms with Crippen LogP contribution >= 0.6 is 23.1 Å². The summed E-state index contributed by atoms with van der Waals surface area (Å²) in [7, 11) is 0. The van der Waals surface area contributed by atoms with Crippen LogP contribution in [0.15, 0.2) is 40.8 Å². The maximum atomic E-state index is 12.6. The van der Waals surface area contributed by atoms with Crippen LogP contribution in [0.5, 0.6) is 0 Å². The van der Waals surface area contributed by atoms with E-state index in [9.17, 15) is 9.59 Å². The summed E-state index contributed by atoms with van der Waals surface area (Å²) in [4.78, 5) is 35.3. The van der Waals surface area contributed by atoms with E-state index in [4.69, 9.17) is 0 Å². The SMILES string of the molecule is CCc1ccccc1NC(=O)C[C@@H]1SC(=Nc2nccs2)N(CC)C1=O. The van der Waals surface area contributed by atoms with Crippen molar-refractivity contribution >= 4 is 50.9 Å². The van der Waals surface area contributed by atoms with Gasteiger partial charge < -0.3 is 5.32 Å². The van der Waals surface area contributed by atoms with Gasteiger partial charge in [0.25, 0.3) is 0 Å². The molecule has 1 atom stereocenters. The van der Waals surface area contributed by atoms with Gasteiger partial charge in [-0.1, -0.05) is 36.9 Å². The zero-order valence-corrected chi connectivity index (χ0v) is 16.3. The number of carbonyl (C=O) groups is 2. The summed E-state index contributed by atoms with van der Waals surface area (Å²) in [6, 6.07) is 7.71. The quantitative estimate of drug-likeness (QED) is 0.819. The van der Waals surface area contributed by atoms with Crippen molar-refractivity contribution in [1.29, 1.82) is 0 Å². The number of aliphatic imine (C=N–C) groups is 1. The molecule has 2 aromatic rings. The van der Waals surface area contributed by atoms with Gasteiger partial charge in [-0.2, -0.15) is 4.99 Å². The number of anilines is 1. The molecule has 1 aromatic carbocycles. The highest BCUT2D eigenvalue weighted by Gasteiger charge is 2.38. The molecule has 0 spiro atoms. The molecule has 1 aliphatic rings. The molecule has 6 nitrogen and oxygen atoms in total. The summed E-state index contributed by atoms with van der Waals surface area (Å²) in [6.45, 7) is 4.46. The van der Waals surface area contributed by atoms with Crippen LogP contribution in [0.4, 0.5) is 10.8 Å². The summed E-state index contributed by atoms with van der Waals surface area (Å²) in [5.74, 6) is -0.241. The van der Waals surface area contributed by atoms with Crippen LogP contribution in [0.2, 0.25) is 0 Å². The Balaban J connectivity index is 1.69. The zero-order chi connectivity index (χ0) is 18.5. The molecule has 3 rings (SSSR count). The highest BCUT2D eigenvalue weighted by atomic mass is 32.2. The Hall–Kier alpha value is -2.19. The molecule has 26 heavy (non-hydrogen) atoms. The van der Waals surface area contributed by atoms with Gasteiger partial charge >= 0.3 is 0 Å². The van der Waals surface area contributed by atoms with E-state index in [1.807, 2.05) is 43.5 Å². The first-order valence-corrected chi connectivity index (χ1v) is 10.2. The third-order valence-corrected chi connectivity index (χ3v) is 5.83. The van der Waals surface area contributed by atoms with Crippen LogP contribution in [0, 0.1) is 0 Å². The minimum atomic E-state index is -0.456. The molecular weight excluding hydrogens is 368 g/mol. The number of aromatic nitrogens is 1. The molecule has 136 valence electrons. The number of thiazole rings is 1. The van der Waals surface area contributed by atoms with Gasteiger partial charge in [-0.15, -0.1) is 11.3 Å². The van der Waals surface area contributed by atoms with Gasteiger partial charge in [-0.25, -0.2) is 4.98 Å². The van der Waals surface area contributed by atoms with Gasteiger partial charge in [-0.05, 0) is 25.0 Å². The monoisotopic (exact) mass is 388 g/mol. The molecule has 8 heteroatoms. The second-order valence-electron chi connectivity index (χ2n) is 5.66. The molecule has 1 N–H and O–H groups in total. The minimum absolute atomic E-state index is 0.0771. The Morgan fingerprint density at radius 2 is 2.15 bits per heavy atom. The van der Waals surface area contributed by atoms with Crippen LogP contribution in [-0.4, -0.2) is 38.7 Å². The van der Waals surface area contributed by atoms with Crippen molar-refractivity contribution in [2.75, 3.05) is 11.9 Å². The van der Waals surface area contributed by atoms with Crippen LogP contribution < -0.4 is 5.32 Å². The Kier molecular flexibility index (Phi) is 6.05. The van der Waals surface area contributed by atoms with Crippen molar-refractivity contribution in [3.8, 4) is 0 Å². The summed E-state index contributed by atoms with van der Waals surface area (Å²) < 4.78 is 0. The van der Waals surface area contributed by atoms with Crippen LogP contribution in [0.25, 0.3) is 0 Å². The van der Waals surface area contributed by atoms with Gasteiger partial charge in [0.15, 0.2) is 5.17 Å². The summed E-state index contributed by atoms with van der Waals surface area (Å²) in [5, 5.41) is 5.54. The number of amidine groups is 1. The summed E-state index contributed by atoms with van der Waals surface area (Å²) in [5.41, 5.74) is 1.88. The van der Waals surface area contributed by atoms with Crippen molar-refractivity contribution in [1.82, 2.24) is 9.88 Å². The van der Waals surface area contributed by atoms with E-state index in [0.29, 0.717) is 16.8 Å². The normalized spacial score (nSPS) is 18.5. The number of hydrogen-bond donors (Lipinski definition) is 1. The van der Waals surface area contributed by atoms with Gasteiger partial charge in [0.1, 0.15) is 5.25 Å². The van der Waals surface area contributed by atoms with E-state index in [0.717, 1.165) is 17.7 Å². The standard InChI is InChI=1S/C18H20N4O2S2/c1-3-12-7-5-6-8-13(12)20-15(23)11-14-16(24)22(4-2)18(26-14)21-17-19-9-10-25-17/h5-10,14H,3-4,11H2,1-2H3,(H,20,23)/t14-/m0/s1. The smallest absolute Gasteiger partial charge is 0.242 e. The zero-order valence-electron chi connectivity index (χ0n) is 14.6. The maximum Gasteiger partial charge on any atom is 0.242 e. The number of benzene rings is 1. The van der Waals surface area contributed by atoms with Crippen molar-refractivity contribution in [3.63, 3.8) is 0 Å². The van der Waals surface area contributed by atoms with Crippen molar-refractivity contribution in [3.05, 3.63) is 41.4 Å². The van der Waals surface area contributed by atoms with E-state index in [-0.39, 0.29) is 18.2 Å². The molecule has 1 aliphatic heterocycles. The van der Waals surface area contributed by atoms with E-state index >= 15 is 0 Å². The predicted octanol–water partition coefficient (Wildman–Crippen LogP) is 3.69. The first-order chi connectivity index (χ1) is 12.6. The highest BCUT2D eigenvalue weighted by molar-refractivity contribution is 8.15. The van der Waals surface area contributed by atoms with Crippen LogP contribution in [-0.2, 0) is 16.0 Å². The fourth-order valence-electron chi connectivity index (χ4n) is 2.69. The number of nitrogens with one attached hydrogen (secondary N) is 1. The van der Waals surface area contributed by atoms with Crippen molar-refractivity contribution in [2.24, 2.45) is 4.99 Å².